The van der Waals surface area contributed by atoms with Crippen molar-refractivity contribution in [2.75, 3.05) is 18.5 Å². The minimum Gasteiger partial charge on any atom is -0.273 e. The Kier molecular flexibility index (Phi) is 6.15. The molecule has 4 rings (SSSR count). The van der Waals surface area contributed by atoms with Crippen molar-refractivity contribution in [1.29, 1.82) is 0 Å². The van der Waals surface area contributed by atoms with Crippen molar-refractivity contribution >= 4 is 26.8 Å². The molecule has 1 N–H and O–H groups in total. The Morgan fingerprint density at radius 2 is 1.71 bits per heavy atom. The average molecular weight is 441 g/mol. The predicted molar refractivity (Wildman–Crippen MR) is 118 cm³/mol. The van der Waals surface area contributed by atoms with Crippen LogP contribution in [0.4, 0.5) is 0 Å². The Morgan fingerprint density at radius 3 is 2.45 bits per heavy atom. The Hall–Kier alpha value is -3.04. The normalized spacial score (nSPS) is 15.1. The molecule has 1 aliphatic heterocycles. The minimum absolute atomic E-state index is 0.150. The molecule has 8 nitrogen and oxygen atoms in total. The highest BCUT2D eigenvalue weighted by molar-refractivity contribution is 7.89. The molecule has 0 aliphatic carbocycles. The zero-order valence-corrected chi connectivity index (χ0v) is 17.8. The lowest BCUT2D eigenvalue weighted by atomic mass is 10.1. The van der Waals surface area contributed by atoms with Crippen LogP contribution in [0.1, 0.15) is 31.2 Å². The molecule has 1 aromatic heterocycles. The van der Waals surface area contributed by atoms with E-state index in [9.17, 15) is 18.0 Å². The van der Waals surface area contributed by atoms with Gasteiger partial charge < -0.3 is 0 Å². The molecule has 9 heteroatoms. The van der Waals surface area contributed by atoms with Crippen LogP contribution in [0.5, 0.6) is 0 Å². The van der Waals surface area contributed by atoms with Gasteiger partial charge in [-0.15, -0.1) is 0 Å². The van der Waals surface area contributed by atoms with Crippen molar-refractivity contribution in [1.82, 2.24) is 14.0 Å². The Morgan fingerprint density at radius 1 is 1.00 bits per heavy atom. The Bertz CT molecular complexity index is 1250. The first kappa shape index (κ1) is 21.2. The van der Waals surface area contributed by atoms with Gasteiger partial charge in [0.05, 0.1) is 15.8 Å². The summed E-state index contributed by atoms with van der Waals surface area (Å²) >= 11 is 0. The number of amides is 1. The number of fused-ring (bicyclic) bond motifs is 1. The molecule has 0 spiro atoms. The highest BCUT2D eigenvalue weighted by atomic mass is 32.2. The molecular formula is C22H24N4O4S. The van der Waals surface area contributed by atoms with Crippen LogP contribution in [-0.4, -0.2) is 41.4 Å². The molecule has 2 heterocycles. The van der Waals surface area contributed by atoms with Gasteiger partial charge in [0.1, 0.15) is 6.33 Å². The fourth-order valence-corrected chi connectivity index (χ4v) is 5.20. The van der Waals surface area contributed by atoms with Crippen LogP contribution in [0.25, 0.3) is 10.9 Å². The van der Waals surface area contributed by atoms with E-state index in [1.807, 2.05) is 0 Å². The standard InChI is InChI=1S/C22H24N4O4S/c27-21(24-26-16-23-20-7-3-2-6-19(20)22(26)28)13-10-17-8-11-18(12-9-17)31(29,30)25-14-4-1-5-15-25/h2-3,6-9,11-12,16H,1,4-5,10,13-15H2,(H,24,27). The second-order valence-corrected chi connectivity index (χ2v) is 9.52. The molecule has 1 fully saturated rings. The number of aryl methyl sites for hydroxylation is 1. The fraction of sp³-hybridized carbons (Fsp3) is 0.318. The smallest absolute Gasteiger partial charge is 0.273 e. The van der Waals surface area contributed by atoms with Gasteiger partial charge in [0.25, 0.3) is 5.56 Å². The number of nitrogens with one attached hydrogen (secondary N) is 1. The number of benzene rings is 2. The molecule has 2 aromatic carbocycles. The quantitative estimate of drug-likeness (QED) is 0.634. The average Bonchev–Trinajstić information content (AvgIpc) is 2.80. The molecule has 1 saturated heterocycles. The van der Waals surface area contributed by atoms with E-state index >= 15 is 0 Å². The summed E-state index contributed by atoms with van der Waals surface area (Å²) in [5.41, 5.74) is 3.62. The van der Waals surface area contributed by atoms with Crippen molar-refractivity contribution in [3.05, 3.63) is 70.8 Å². The Labute approximate surface area is 180 Å². The fourth-order valence-electron chi connectivity index (χ4n) is 3.68. The van der Waals surface area contributed by atoms with Crippen molar-refractivity contribution in [2.24, 2.45) is 0 Å². The van der Waals surface area contributed by atoms with Crippen LogP contribution in [0.2, 0.25) is 0 Å². The zero-order chi connectivity index (χ0) is 21.8. The van der Waals surface area contributed by atoms with Crippen molar-refractivity contribution in [3.8, 4) is 0 Å². The SMILES string of the molecule is O=C(CCc1ccc(S(=O)(=O)N2CCCCC2)cc1)Nn1cnc2ccccc2c1=O. The molecule has 31 heavy (non-hydrogen) atoms. The monoisotopic (exact) mass is 440 g/mol. The number of nitrogens with zero attached hydrogens (tertiary/aromatic N) is 3. The summed E-state index contributed by atoms with van der Waals surface area (Å²) in [5.74, 6) is -0.329. The molecule has 3 aromatic rings. The van der Waals surface area contributed by atoms with Gasteiger partial charge in [-0.1, -0.05) is 30.7 Å². The second-order valence-electron chi connectivity index (χ2n) is 7.58. The maximum atomic E-state index is 12.7. The van der Waals surface area contributed by atoms with Crippen LogP contribution in [-0.2, 0) is 21.2 Å². The van der Waals surface area contributed by atoms with Gasteiger partial charge in [-0.2, -0.15) is 4.31 Å². The van der Waals surface area contributed by atoms with Crippen LogP contribution in [0.15, 0.2) is 64.5 Å². The summed E-state index contributed by atoms with van der Waals surface area (Å²) in [6.45, 7) is 1.13. The molecule has 0 unspecified atom stereocenters. The number of aromatic nitrogens is 2. The first-order chi connectivity index (χ1) is 14.9. The zero-order valence-electron chi connectivity index (χ0n) is 17.0. The molecule has 1 amide bonds. The number of carbonyl (C=O) groups excluding carboxylic acids is 1. The Balaban J connectivity index is 1.38. The predicted octanol–water partition coefficient (Wildman–Crippen LogP) is 2.27. The number of hydrogen-bond acceptors (Lipinski definition) is 5. The van der Waals surface area contributed by atoms with Crippen LogP contribution in [0, 0.1) is 0 Å². The summed E-state index contributed by atoms with van der Waals surface area (Å²) in [5, 5.41) is 0.427. The topological polar surface area (TPSA) is 101 Å². The van der Waals surface area contributed by atoms with E-state index in [2.05, 4.69) is 10.4 Å². The van der Waals surface area contributed by atoms with Crippen molar-refractivity contribution in [3.63, 3.8) is 0 Å². The van der Waals surface area contributed by atoms with E-state index in [1.165, 1.54) is 10.6 Å². The first-order valence-electron chi connectivity index (χ1n) is 10.3. The van der Waals surface area contributed by atoms with Gasteiger partial charge in [-0.05, 0) is 49.1 Å². The molecule has 0 saturated carbocycles. The second kappa shape index (κ2) is 8.99. The molecular weight excluding hydrogens is 416 g/mol. The molecule has 0 bridgehead atoms. The molecule has 0 radical (unpaired) electrons. The number of para-hydroxylation sites is 1. The highest BCUT2D eigenvalue weighted by Crippen LogP contribution is 2.21. The van der Waals surface area contributed by atoms with Crippen molar-refractivity contribution in [2.45, 2.75) is 37.0 Å². The number of sulfonamides is 1. The number of piperidine rings is 1. The number of carbonyl (C=O) groups is 1. The molecule has 162 valence electrons. The number of rotatable bonds is 6. The van der Waals surface area contributed by atoms with E-state index in [4.69, 9.17) is 0 Å². The third kappa shape index (κ3) is 4.67. The minimum atomic E-state index is -3.46. The van der Waals surface area contributed by atoms with Crippen LogP contribution in [0.3, 0.4) is 0 Å². The highest BCUT2D eigenvalue weighted by Gasteiger charge is 2.25. The van der Waals surface area contributed by atoms with Gasteiger partial charge in [-0.3, -0.25) is 15.0 Å². The summed E-state index contributed by atoms with van der Waals surface area (Å²) in [6.07, 6.45) is 4.71. The van der Waals surface area contributed by atoms with Gasteiger partial charge in [0.15, 0.2) is 0 Å². The molecule has 0 atom stereocenters. The lowest BCUT2D eigenvalue weighted by Crippen LogP contribution is -2.35. The largest absolute Gasteiger partial charge is 0.280 e. The summed E-state index contributed by atoms with van der Waals surface area (Å²) in [7, 11) is -3.46. The lowest BCUT2D eigenvalue weighted by molar-refractivity contribution is -0.117. The maximum Gasteiger partial charge on any atom is 0.280 e. The summed E-state index contributed by atoms with van der Waals surface area (Å²) in [4.78, 5) is 29.2. The van der Waals surface area contributed by atoms with E-state index < -0.39 is 10.0 Å². The van der Waals surface area contributed by atoms with Gasteiger partial charge in [0.2, 0.25) is 15.9 Å². The third-order valence-electron chi connectivity index (χ3n) is 5.43. The van der Waals surface area contributed by atoms with Gasteiger partial charge >= 0.3 is 0 Å². The van der Waals surface area contributed by atoms with E-state index in [-0.39, 0.29) is 22.8 Å². The van der Waals surface area contributed by atoms with E-state index in [0.29, 0.717) is 30.4 Å². The maximum absolute atomic E-state index is 12.7. The van der Waals surface area contributed by atoms with Gasteiger partial charge in [-0.25, -0.2) is 18.1 Å². The van der Waals surface area contributed by atoms with Crippen LogP contribution < -0.4 is 11.0 Å². The lowest BCUT2D eigenvalue weighted by Gasteiger charge is -2.25. The molecule has 1 aliphatic rings. The van der Waals surface area contributed by atoms with Crippen molar-refractivity contribution < 1.29 is 13.2 Å². The van der Waals surface area contributed by atoms with Crippen LogP contribution >= 0.6 is 0 Å². The summed E-state index contributed by atoms with van der Waals surface area (Å²) in [6, 6.07) is 13.6. The summed E-state index contributed by atoms with van der Waals surface area (Å²) < 4.78 is 28.1. The van der Waals surface area contributed by atoms with E-state index in [1.54, 1.807) is 48.5 Å². The first-order valence-corrected chi connectivity index (χ1v) is 11.7. The third-order valence-corrected chi connectivity index (χ3v) is 7.34. The van der Waals surface area contributed by atoms with E-state index in [0.717, 1.165) is 29.5 Å². The number of hydrogen-bond donors (Lipinski definition) is 1. The van der Waals surface area contributed by atoms with Gasteiger partial charge in [0, 0.05) is 19.5 Å².